The number of nitrogens with zero attached hydrogens (tertiary/aromatic N) is 1. The molecule has 0 spiro atoms. The van der Waals surface area contributed by atoms with E-state index in [1.54, 1.807) is 7.11 Å². The highest BCUT2D eigenvalue weighted by atomic mass is 79.9. The molecule has 0 aliphatic carbocycles. The van der Waals surface area contributed by atoms with Crippen molar-refractivity contribution >= 4 is 15.9 Å². The van der Waals surface area contributed by atoms with E-state index in [2.05, 4.69) is 71.9 Å². The summed E-state index contributed by atoms with van der Waals surface area (Å²) < 4.78 is 5.51. The highest BCUT2D eigenvalue weighted by molar-refractivity contribution is 9.09. The van der Waals surface area contributed by atoms with Gasteiger partial charge in [0.2, 0.25) is 0 Å². The maximum absolute atomic E-state index is 5.51. The van der Waals surface area contributed by atoms with E-state index in [-0.39, 0.29) is 0 Å². The second-order valence-corrected chi connectivity index (χ2v) is 7.40. The maximum atomic E-state index is 5.51. The van der Waals surface area contributed by atoms with Crippen molar-refractivity contribution in [3.8, 4) is 0 Å². The third-order valence-electron chi connectivity index (χ3n) is 4.32. The van der Waals surface area contributed by atoms with Crippen LogP contribution in [0.15, 0.2) is 30.3 Å². The molecule has 0 N–H and O–H groups in total. The second-order valence-electron chi connectivity index (χ2n) is 6.75. The lowest BCUT2D eigenvalue weighted by molar-refractivity contribution is -0.0857. The largest absolute Gasteiger partial charge is 0.383 e. The molecule has 3 heteroatoms. The fourth-order valence-corrected chi connectivity index (χ4v) is 3.82. The summed E-state index contributed by atoms with van der Waals surface area (Å²) in [6.45, 7) is 7.76. The third-order valence-corrected chi connectivity index (χ3v) is 5.07. The smallest absolute Gasteiger partial charge is 0.0660 e. The first-order valence-corrected chi connectivity index (χ1v) is 8.48. The lowest BCUT2D eigenvalue weighted by Crippen LogP contribution is -2.63. The fourth-order valence-electron chi connectivity index (χ4n) is 3.22. The van der Waals surface area contributed by atoms with Crippen molar-refractivity contribution < 1.29 is 4.74 Å². The van der Waals surface area contributed by atoms with Crippen LogP contribution < -0.4 is 0 Å². The van der Waals surface area contributed by atoms with Crippen LogP contribution in [0.5, 0.6) is 0 Å². The van der Waals surface area contributed by atoms with Gasteiger partial charge in [-0.2, -0.15) is 0 Å². The molecule has 0 bridgehead atoms. The molecule has 2 rings (SSSR count). The molecular formula is C17H26BrNO. The average molecular weight is 340 g/mol. The fraction of sp³-hybridized carbons (Fsp3) is 0.647. The predicted molar refractivity (Wildman–Crippen MR) is 88.3 cm³/mol. The molecule has 1 saturated heterocycles. The summed E-state index contributed by atoms with van der Waals surface area (Å²) in [6.07, 6.45) is 1.27. The number of rotatable bonds is 5. The van der Waals surface area contributed by atoms with E-state index in [0.717, 1.165) is 11.9 Å². The molecule has 0 aromatic heterocycles. The van der Waals surface area contributed by atoms with E-state index >= 15 is 0 Å². The first kappa shape index (κ1) is 16.0. The van der Waals surface area contributed by atoms with Gasteiger partial charge in [-0.3, -0.25) is 4.90 Å². The van der Waals surface area contributed by atoms with E-state index in [1.807, 2.05) is 0 Å². The van der Waals surface area contributed by atoms with Crippen LogP contribution in [-0.2, 0) is 4.74 Å². The Balaban J connectivity index is 2.26. The summed E-state index contributed by atoms with van der Waals surface area (Å²) in [5, 5.41) is 1.03. The van der Waals surface area contributed by atoms with Crippen molar-refractivity contribution in [3.63, 3.8) is 0 Å². The van der Waals surface area contributed by atoms with Crippen molar-refractivity contribution in [2.75, 3.05) is 19.0 Å². The lowest BCUT2D eigenvalue weighted by Gasteiger charge is -2.57. The number of hydrogen-bond acceptors (Lipinski definition) is 2. The van der Waals surface area contributed by atoms with Gasteiger partial charge >= 0.3 is 0 Å². The molecule has 20 heavy (non-hydrogen) atoms. The van der Waals surface area contributed by atoms with Crippen molar-refractivity contribution in [2.24, 2.45) is 5.41 Å². The minimum absolute atomic E-state index is 0.305. The van der Waals surface area contributed by atoms with E-state index in [9.17, 15) is 0 Å². The van der Waals surface area contributed by atoms with Crippen molar-refractivity contribution in [1.82, 2.24) is 4.90 Å². The number of methoxy groups -OCH3 is 1. The predicted octanol–water partition coefficient (Wildman–Crippen LogP) is 4.26. The van der Waals surface area contributed by atoms with E-state index in [1.165, 1.54) is 12.0 Å². The molecule has 2 nitrogen and oxygen atoms in total. The van der Waals surface area contributed by atoms with Gasteiger partial charge in [-0.15, -0.1) is 0 Å². The minimum Gasteiger partial charge on any atom is -0.383 e. The quantitative estimate of drug-likeness (QED) is 0.743. The van der Waals surface area contributed by atoms with Crippen LogP contribution in [0.3, 0.4) is 0 Å². The Morgan fingerprint density at radius 3 is 2.45 bits per heavy atom. The summed E-state index contributed by atoms with van der Waals surface area (Å²) in [7, 11) is 1.80. The van der Waals surface area contributed by atoms with E-state index in [4.69, 9.17) is 4.74 Å². The molecule has 1 aliphatic rings. The van der Waals surface area contributed by atoms with Gasteiger partial charge in [0.05, 0.1) is 12.6 Å². The van der Waals surface area contributed by atoms with Gasteiger partial charge in [-0.25, -0.2) is 0 Å². The molecular weight excluding hydrogens is 314 g/mol. The third kappa shape index (κ3) is 3.26. The highest BCUT2D eigenvalue weighted by Gasteiger charge is 2.47. The topological polar surface area (TPSA) is 12.5 Å². The number of likely N-dealkylation sites (tertiary alicyclic amines) is 1. The molecule has 1 aromatic rings. The van der Waals surface area contributed by atoms with Crippen LogP contribution in [0.4, 0.5) is 0 Å². The van der Waals surface area contributed by atoms with Crippen LogP contribution in [-0.4, -0.2) is 36.0 Å². The molecule has 1 unspecified atom stereocenters. The zero-order valence-corrected chi connectivity index (χ0v) is 14.6. The number of hydrogen-bond donors (Lipinski definition) is 0. The van der Waals surface area contributed by atoms with Gasteiger partial charge in [-0.1, -0.05) is 67.0 Å². The molecule has 3 atom stereocenters. The normalized spacial score (nSPS) is 25.2. The lowest BCUT2D eigenvalue weighted by atomic mass is 9.74. The second kappa shape index (κ2) is 6.59. The highest BCUT2D eigenvalue weighted by Crippen LogP contribution is 2.44. The summed E-state index contributed by atoms with van der Waals surface area (Å²) in [4.78, 5) is 2.65. The van der Waals surface area contributed by atoms with Gasteiger partial charge in [0.25, 0.3) is 0 Å². The Morgan fingerprint density at radius 2 is 1.95 bits per heavy atom. The Hall–Kier alpha value is -0.380. The van der Waals surface area contributed by atoms with E-state index in [0.29, 0.717) is 23.5 Å². The SMILES string of the molecule is COC[C@@H](c1ccccc1)N1C(CBr)C[C@@H]1C(C)(C)C. The zero-order valence-electron chi connectivity index (χ0n) is 13.0. The summed E-state index contributed by atoms with van der Waals surface area (Å²) in [5.41, 5.74) is 1.66. The Labute approximate surface area is 131 Å². The molecule has 1 aromatic carbocycles. The number of ether oxygens (including phenoxy) is 1. The molecule has 1 fully saturated rings. The van der Waals surface area contributed by atoms with Crippen LogP contribution in [0, 0.1) is 5.41 Å². The van der Waals surface area contributed by atoms with Crippen molar-refractivity contribution in [3.05, 3.63) is 35.9 Å². The van der Waals surface area contributed by atoms with Gasteiger partial charge in [0, 0.05) is 24.5 Å². The van der Waals surface area contributed by atoms with Gasteiger partial charge in [0.15, 0.2) is 0 Å². The molecule has 1 aliphatic heterocycles. The first-order valence-electron chi connectivity index (χ1n) is 7.36. The standard InChI is InChI=1S/C17H26BrNO/c1-17(2,3)16-10-14(11-18)19(16)15(12-20-4)13-8-6-5-7-9-13/h5-9,14-16H,10-12H2,1-4H3/t14?,15-,16+/m0/s1. The number of halogens is 1. The zero-order chi connectivity index (χ0) is 14.8. The van der Waals surface area contributed by atoms with Crippen molar-refractivity contribution in [2.45, 2.75) is 45.3 Å². The Bertz CT molecular complexity index is 415. The molecule has 1 heterocycles. The number of alkyl halides is 1. The summed E-state index contributed by atoms with van der Waals surface area (Å²) in [6, 6.07) is 12.3. The average Bonchev–Trinajstić information content (AvgIpc) is 2.37. The summed E-state index contributed by atoms with van der Waals surface area (Å²) >= 11 is 3.67. The molecule has 0 amide bonds. The minimum atomic E-state index is 0.305. The van der Waals surface area contributed by atoms with Crippen LogP contribution in [0.2, 0.25) is 0 Å². The van der Waals surface area contributed by atoms with Gasteiger partial charge < -0.3 is 4.74 Å². The Morgan fingerprint density at radius 1 is 1.30 bits per heavy atom. The Kier molecular flexibility index (Phi) is 5.27. The van der Waals surface area contributed by atoms with Crippen LogP contribution >= 0.6 is 15.9 Å². The summed E-state index contributed by atoms with van der Waals surface area (Å²) in [5.74, 6) is 0. The van der Waals surface area contributed by atoms with Crippen LogP contribution in [0.1, 0.15) is 38.8 Å². The maximum Gasteiger partial charge on any atom is 0.0660 e. The van der Waals surface area contributed by atoms with Gasteiger partial charge in [0.1, 0.15) is 0 Å². The monoisotopic (exact) mass is 339 g/mol. The van der Waals surface area contributed by atoms with Crippen molar-refractivity contribution in [1.29, 1.82) is 0 Å². The van der Waals surface area contributed by atoms with E-state index < -0.39 is 0 Å². The molecule has 0 saturated carbocycles. The molecule has 0 radical (unpaired) electrons. The first-order chi connectivity index (χ1) is 9.49. The number of benzene rings is 1. The molecule has 112 valence electrons. The van der Waals surface area contributed by atoms with Crippen LogP contribution in [0.25, 0.3) is 0 Å². The van der Waals surface area contributed by atoms with Gasteiger partial charge in [-0.05, 0) is 17.4 Å².